The van der Waals surface area contributed by atoms with Crippen molar-refractivity contribution in [1.29, 1.82) is 0 Å². The Hall–Kier alpha value is -1.49. The van der Waals surface area contributed by atoms with Crippen LogP contribution in [0.4, 0.5) is 0 Å². The number of aromatic nitrogens is 3. The van der Waals surface area contributed by atoms with Crippen molar-refractivity contribution in [2.24, 2.45) is 10.9 Å². The lowest BCUT2D eigenvalue weighted by Crippen LogP contribution is -2.42. The molecule has 2 N–H and O–H groups in total. The number of fused-ring (bicyclic) bond motifs is 1. The number of thioether (sulfide) groups is 1. The number of guanidine groups is 1. The highest BCUT2D eigenvalue weighted by atomic mass is 127. The Morgan fingerprint density at radius 3 is 2.80 bits per heavy atom. The second-order valence-corrected chi connectivity index (χ2v) is 8.42. The number of nitrogens with zero attached hydrogens (tertiary/aromatic N) is 4. The molecule has 3 rings (SSSR count). The van der Waals surface area contributed by atoms with Crippen LogP contribution in [0.15, 0.2) is 34.4 Å². The number of benzene rings is 1. The second kappa shape index (κ2) is 12.4. The van der Waals surface area contributed by atoms with Gasteiger partial charge in [-0.3, -0.25) is 4.99 Å². The van der Waals surface area contributed by atoms with Gasteiger partial charge in [0.05, 0.1) is 6.54 Å². The smallest absolute Gasteiger partial charge is 0.191 e. The van der Waals surface area contributed by atoms with E-state index in [1.54, 1.807) is 18.8 Å². The van der Waals surface area contributed by atoms with E-state index < -0.39 is 0 Å². The maximum absolute atomic E-state index is 5.98. The van der Waals surface area contributed by atoms with Gasteiger partial charge in [0.1, 0.15) is 17.7 Å². The van der Waals surface area contributed by atoms with E-state index in [0.717, 1.165) is 61.6 Å². The quantitative estimate of drug-likeness (QED) is 0.166. The van der Waals surface area contributed by atoms with Crippen LogP contribution in [-0.2, 0) is 19.4 Å². The molecule has 1 unspecified atom stereocenters. The topological polar surface area (TPSA) is 76.4 Å². The van der Waals surface area contributed by atoms with E-state index in [2.05, 4.69) is 62.6 Å². The summed E-state index contributed by atoms with van der Waals surface area (Å²) in [5.74, 6) is 3.43. The predicted octanol–water partition coefficient (Wildman–Crippen LogP) is 3.38. The zero-order chi connectivity index (χ0) is 20.6. The van der Waals surface area contributed by atoms with Crippen molar-refractivity contribution in [2.75, 3.05) is 26.4 Å². The van der Waals surface area contributed by atoms with E-state index in [-0.39, 0.29) is 30.1 Å². The van der Waals surface area contributed by atoms with Crippen LogP contribution in [0.5, 0.6) is 5.75 Å². The molecule has 0 fully saturated rings. The van der Waals surface area contributed by atoms with Gasteiger partial charge in [0.2, 0.25) is 0 Å². The number of ether oxygens (including phenoxy) is 1. The summed E-state index contributed by atoms with van der Waals surface area (Å²) in [6.07, 6.45) is 4.99. The van der Waals surface area contributed by atoms with Crippen molar-refractivity contribution in [3.63, 3.8) is 0 Å². The van der Waals surface area contributed by atoms with E-state index in [4.69, 9.17) is 4.74 Å². The molecule has 0 amide bonds. The second-order valence-electron chi connectivity index (χ2n) is 7.64. The van der Waals surface area contributed by atoms with Gasteiger partial charge in [-0.2, -0.15) is 0 Å². The average molecular weight is 545 g/mol. The van der Waals surface area contributed by atoms with E-state index in [1.807, 2.05) is 12.1 Å². The number of hydrogen-bond acceptors (Lipinski definition) is 5. The first-order valence-electron chi connectivity index (χ1n) is 10.3. The standard InChI is InChI=1S/C21H32N6OS.HI/c1-15(2)14-27-19(25-26-21(27)29-4)10-7-11-23-20(22-3)24-13-17-12-16-8-5-6-9-18(16)28-17;/h5-6,8-9,15,17H,7,10-14H2,1-4H3,(H2,22,23,24);1H. The number of rotatable bonds is 9. The highest BCUT2D eigenvalue weighted by Crippen LogP contribution is 2.27. The van der Waals surface area contributed by atoms with Crippen molar-refractivity contribution >= 4 is 41.7 Å². The average Bonchev–Trinajstić information content (AvgIpc) is 3.30. The lowest BCUT2D eigenvalue weighted by Gasteiger charge is -2.16. The Morgan fingerprint density at radius 2 is 2.10 bits per heavy atom. The van der Waals surface area contributed by atoms with Gasteiger partial charge in [-0.05, 0) is 30.2 Å². The molecule has 1 aromatic carbocycles. The lowest BCUT2D eigenvalue weighted by atomic mass is 10.1. The van der Waals surface area contributed by atoms with Gasteiger partial charge in [-0.1, -0.05) is 43.8 Å². The molecule has 1 aliphatic heterocycles. The summed E-state index contributed by atoms with van der Waals surface area (Å²) in [5, 5.41) is 16.5. The molecule has 0 spiro atoms. The summed E-state index contributed by atoms with van der Waals surface area (Å²) < 4.78 is 8.23. The van der Waals surface area contributed by atoms with Gasteiger partial charge in [0, 0.05) is 33.0 Å². The Morgan fingerprint density at radius 1 is 1.30 bits per heavy atom. The van der Waals surface area contributed by atoms with Crippen molar-refractivity contribution < 1.29 is 4.74 Å². The summed E-state index contributed by atoms with van der Waals surface area (Å²) >= 11 is 1.65. The van der Waals surface area contributed by atoms with Crippen LogP contribution in [0.25, 0.3) is 0 Å². The Balaban J connectivity index is 0.00000320. The lowest BCUT2D eigenvalue weighted by molar-refractivity contribution is 0.235. The van der Waals surface area contributed by atoms with E-state index in [9.17, 15) is 0 Å². The molecule has 0 bridgehead atoms. The summed E-state index contributed by atoms with van der Waals surface area (Å²) in [5.41, 5.74) is 1.28. The van der Waals surface area contributed by atoms with Crippen molar-refractivity contribution in [1.82, 2.24) is 25.4 Å². The van der Waals surface area contributed by atoms with Gasteiger partial charge in [0.25, 0.3) is 0 Å². The first-order chi connectivity index (χ1) is 14.1. The van der Waals surface area contributed by atoms with Gasteiger partial charge in [-0.25, -0.2) is 0 Å². The van der Waals surface area contributed by atoms with Gasteiger partial charge in [-0.15, -0.1) is 34.2 Å². The third kappa shape index (κ3) is 6.76. The molecular weight excluding hydrogens is 511 g/mol. The first kappa shape index (κ1) is 24.8. The zero-order valence-corrected chi connectivity index (χ0v) is 21.4. The molecule has 30 heavy (non-hydrogen) atoms. The highest BCUT2D eigenvalue weighted by molar-refractivity contribution is 14.0. The molecule has 1 aromatic heterocycles. The molecule has 0 saturated heterocycles. The van der Waals surface area contributed by atoms with Crippen LogP contribution < -0.4 is 15.4 Å². The molecule has 166 valence electrons. The number of aryl methyl sites for hydroxylation is 1. The molecule has 0 radical (unpaired) electrons. The Kier molecular flexibility index (Phi) is 10.2. The first-order valence-corrected chi connectivity index (χ1v) is 11.5. The minimum Gasteiger partial charge on any atom is -0.488 e. The minimum atomic E-state index is 0. The van der Waals surface area contributed by atoms with Crippen LogP contribution in [-0.4, -0.2) is 53.2 Å². The van der Waals surface area contributed by atoms with Gasteiger partial charge >= 0.3 is 0 Å². The van der Waals surface area contributed by atoms with E-state index in [0.29, 0.717) is 5.92 Å². The number of aliphatic imine (C=N–C) groups is 1. The summed E-state index contributed by atoms with van der Waals surface area (Å²) in [7, 11) is 1.80. The van der Waals surface area contributed by atoms with Crippen LogP contribution in [0.3, 0.4) is 0 Å². The molecular formula is C21H33IN6OS. The monoisotopic (exact) mass is 544 g/mol. The fraction of sp³-hybridized carbons (Fsp3) is 0.571. The molecule has 2 heterocycles. The SMILES string of the molecule is CN=C(NCCCc1nnc(SC)n1CC(C)C)NCC1Cc2ccccc2O1.I. The maximum Gasteiger partial charge on any atom is 0.191 e. The van der Waals surface area contributed by atoms with Gasteiger partial charge in [0.15, 0.2) is 11.1 Å². The van der Waals surface area contributed by atoms with Gasteiger partial charge < -0.3 is 19.9 Å². The van der Waals surface area contributed by atoms with Crippen molar-refractivity contribution in [3.8, 4) is 5.75 Å². The molecule has 1 atom stereocenters. The molecule has 7 nitrogen and oxygen atoms in total. The normalized spacial score (nSPS) is 15.5. The predicted molar refractivity (Wildman–Crippen MR) is 134 cm³/mol. The Bertz CT molecular complexity index is 801. The molecule has 2 aromatic rings. The molecule has 0 saturated carbocycles. The van der Waals surface area contributed by atoms with Crippen LogP contribution in [0.2, 0.25) is 0 Å². The number of nitrogens with one attached hydrogen (secondary N) is 2. The maximum atomic E-state index is 5.98. The zero-order valence-electron chi connectivity index (χ0n) is 18.2. The molecule has 0 aliphatic carbocycles. The molecule has 1 aliphatic rings. The van der Waals surface area contributed by atoms with E-state index in [1.165, 1.54) is 5.56 Å². The van der Waals surface area contributed by atoms with E-state index >= 15 is 0 Å². The largest absolute Gasteiger partial charge is 0.488 e. The number of halogens is 1. The fourth-order valence-corrected chi connectivity index (χ4v) is 3.98. The minimum absolute atomic E-state index is 0. The Labute approximate surface area is 200 Å². The highest BCUT2D eigenvalue weighted by Gasteiger charge is 2.22. The van der Waals surface area contributed by atoms with Crippen molar-refractivity contribution in [2.45, 2.75) is 50.9 Å². The summed E-state index contributed by atoms with van der Waals surface area (Å²) in [6.45, 7) is 6.96. The third-order valence-electron chi connectivity index (χ3n) is 4.83. The number of para-hydroxylation sites is 1. The van der Waals surface area contributed by atoms with Crippen LogP contribution in [0.1, 0.15) is 31.7 Å². The number of hydrogen-bond donors (Lipinski definition) is 2. The van der Waals surface area contributed by atoms with Crippen molar-refractivity contribution in [3.05, 3.63) is 35.7 Å². The fourth-order valence-electron chi connectivity index (χ4n) is 3.46. The third-order valence-corrected chi connectivity index (χ3v) is 5.50. The summed E-state index contributed by atoms with van der Waals surface area (Å²) in [4.78, 5) is 4.32. The van der Waals surface area contributed by atoms with Crippen LogP contribution >= 0.6 is 35.7 Å². The summed E-state index contributed by atoms with van der Waals surface area (Å²) in [6, 6.07) is 8.23. The molecule has 9 heteroatoms. The van der Waals surface area contributed by atoms with Crippen LogP contribution in [0, 0.1) is 5.92 Å².